The number of phosphoric acid groups is 2. The number of esters is 4. The lowest BCUT2D eigenvalue weighted by molar-refractivity contribution is -0.161. The van der Waals surface area contributed by atoms with E-state index in [1.54, 1.807) is 0 Å². The topological polar surface area (TPSA) is 237 Å². The van der Waals surface area contributed by atoms with Crippen LogP contribution in [0.1, 0.15) is 485 Å². The van der Waals surface area contributed by atoms with Gasteiger partial charge in [-0.3, -0.25) is 37.3 Å². The van der Waals surface area contributed by atoms with Crippen molar-refractivity contribution in [1.29, 1.82) is 0 Å². The number of unbranched alkanes of at least 4 members (excludes halogenated alkanes) is 56. The average molecular weight is 1610 g/mol. The number of phosphoric ester groups is 2. The molecule has 0 heterocycles. The van der Waals surface area contributed by atoms with Crippen LogP contribution in [0.25, 0.3) is 0 Å². The molecule has 0 saturated heterocycles. The molecule has 3 unspecified atom stereocenters. The lowest BCUT2D eigenvalue weighted by atomic mass is 9.99. The van der Waals surface area contributed by atoms with Gasteiger partial charge in [-0.25, -0.2) is 9.13 Å². The Morgan fingerprint density at radius 2 is 0.464 bits per heavy atom. The van der Waals surface area contributed by atoms with Crippen molar-refractivity contribution in [3.8, 4) is 0 Å². The molecule has 0 saturated carbocycles. The Labute approximate surface area is 677 Å². The summed E-state index contributed by atoms with van der Waals surface area (Å²) >= 11 is 0. The highest BCUT2D eigenvalue weighted by Gasteiger charge is 2.31. The van der Waals surface area contributed by atoms with Gasteiger partial charge in [-0.2, -0.15) is 0 Å². The second-order valence-electron chi connectivity index (χ2n) is 33.9. The number of carbonyl (C=O) groups is 4. The molecular weight excluding hydrogens is 1430 g/mol. The van der Waals surface area contributed by atoms with Gasteiger partial charge < -0.3 is 33.8 Å². The predicted molar refractivity (Wildman–Crippen MR) is 455 cm³/mol. The van der Waals surface area contributed by atoms with Crippen LogP contribution in [-0.2, 0) is 65.4 Å². The highest BCUT2D eigenvalue weighted by molar-refractivity contribution is 7.47. The Balaban J connectivity index is 5.24. The zero-order valence-corrected chi connectivity index (χ0v) is 74.5. The van der Waals surface area contributed by atoms with Gasteiger partial charge in [0.05, 0.1) is 26.4 Å². The molecular formula is C91H178O17P2. The van der Waals surface area contributed by atoms with E-state index in [0.29, 0.717) is 25.7 Å². The molecule has 110 heavy (non-hydrogen) atoms. The van der Waals surface area contributed by atoms with Crippen molar-refractivity contribution in [2.24, 2.45) is 17.8 Å². The fourth-order valence-corrected chi connectivity index (χ4v) is 15.8. The lowest BCUT2D eigenvalue weighted by Gasteiger charge is -2.21. The number of carbonyl (C=O) groups excluding carboxylic acids is 4. The third-order valence-electron chi connectivity index (χ3n) is 21.7. The first-order valence-electron chi connectivity index (χ1n) is 46.9. The van der Waals surface area contributed by atoms with E-state index in [1.165, 1.54) is 295 Å². The molecule has 0 amide bonds. The van der Waals surface area contributed by atoms with E-state index in [9.17, 15) is 43.2 Å². The second kappa shape index (κ2) is 80.8. The molecule has 0 aliphatic heterocycles. The normalized spacial score (nSPS) is 14.0. The first-order chi connectivity index (χ1) is 53.3. The monoisotopic (exact) mass is 1610 g/mol. The predicted octanol–water partition coefficient (Wildman–Crippen LogP) is 28.0. The second-order valence-corrected chi connectivity index (χ2v) is 36.8. The van der Waals surface area contributed by atoms with Crippen LogP contribution in [0.3, 0.4) is 0 Å². The summed E-state index contributed by atoms with van der Waals surface area (Å²) in [5.41, 5.74) is 0. The van der Waals surface area contributed by atoms with Crippen molar-refractivity contribution < 1.29 is 80.2 Å². The van der Waals surface area contributed by atoms with Crippen LogP contribution in [-0.4, -0.2) is 96.7 Å². The summed E-state index contributed by atoms with van der Waals surface area (Å²) in [5, 5.41) is 10.7. The summed E-state index contributed by atoms with van der Waals surface area (Å²) in [6, 6.07) is 0. The SMILES string of the molecule is CCCCCCCCCCCCCCCCCCCCC(=O)O[C@H](COC(=O)CCCCCCCCCCC(C)C)COP(=O)(O)OC[C@H](O)COP(=O)(O)OC[C@@H](COC(=O)CCCCCCCCCCCCCCCCCCC(C)C)OC(=O)CCCCCCCCCCCCCCCCCCCCC(C)CC. The van der Waals surface area contributed by atoms with Crippen LogP contribution in [0.4, 0.5) is 0 Å². The summed E-state index contributed by atoms with van der Waals surface area (Å²) in [7, 11) is -9.94. The Morgan fingerprint density at radius 1 is 0.264 bits per heavy atom. The van der Waals surface area contributed by atoms with Gasteiger partial charge in [0.25, 0.3) is 0 Å². The smallest absolute Gasteiger partial charge is 0.462 e. The number of ether oxygens (including phenoxy) is 4. The lowest BCUT2D eigenvalue weighted by Crippen LogP contribution is -2.30. The molecule has 0 aromatic carbocycles. The highest BCUT2D eigenvalue weighted by atomic mass is 31.2. The van der Waals surface area contributed by atoms with Crippen LogP contribution in [0.5, 0.6) is 0 Å². The molecule has 3 N–H and O–H groups in total. The number of hydrogen-bond acceptors (Lipinski definition) is 15. The average Bonchev–Trinajstić information content (AvgIpc) is 0.898. The van der Waals surface area contributed by atoms with Crippen LogP contribution < -0.4 is 0 Å². The molecule has 0 aliphatic carbocycles. The maximum atomic E-state index is 13.2. The van der Waals surface area contributed by atoms with Crippen LogP contribution in [0, 0.1) is 17.8 Å². The largest absolute Gasteiger partial charge is 0.472 e. The molecule has 0 bridgehead atoms. The van der Waals surface area contributed by atoms with Gasteiger partial charge in [0.1, 0.15) is 19.3 Å². The quantitative estimate of drug-likeness (QED) is 0.0222. The zero-order chi connectivity index (χ0) is 80.8. The first-order valence-corrected chi connectivity index (χ1v) is 49.9. The molecule has 0 radical (unpaired) electrons. The molecule has 19 heteroatoms. The molecule has 6 atom stereocenters. The minimum absolute atomic E-state index is 0.108. The maximum absolute atomic E-state index is 13.2. The third kappa shape index (κ3) is 82.6. The minimum Gasteiger partial charge on any atom is -0.462 e. The Morgan fingerprint density at radius 3 is 0.691 bits per heavy atom. The molecule has 0 rings (SSSR count). The number of aliphatic hydroxyl groups excluding tert-OH is 1. The van der Waals surface area contributed by atoms with Gasteiger partial charge in [0, 0.05) is 25.7 Å². The zero-order valence-electron chi connectivity index (χ0n) is 72.7. The standard InChI is InChI=1S/C91H178O17P2/c1-8-10-11-12-13-14-15-16-17-18-22-29-34-39-44-53-60-67-75-91(96)108-87(79-102-89(94)73-66-59-52-47-46-49-56-63-70-83(5)6)81-106-110(99,100)104-77-85(92)76-103-109(97,98)105-80-86(78-101-88(93)72-65-58-51-43-38-33-28-25-24-26-31-36-41-48-55-62-69-82(3)4)107-90(95)74-68-61-54-45-40-35-30-23-20-19-21-27-32-37-42-50-57-64-71-84(7)9-2/h82-87,92H,8-81H2,1-7H3,(H,97,98)(H,99,100)/t84?,85-,86-,87-/m1/s1. The van der Waals surface area contributed by atoms with Crippen molar-refractivity contribution in [3.05, 3.63) is 0 Å². The molecule has 654 valence electrons. The van der Waals surface area contributed by atoms with Gasteiger partial charge in [0.15, 0.2) is 12.2 Å². The van der Waals surface area contributed by atoms with Crippen molar-refractivity contribution in [1.82, 2.24) is 0 Å². The van der Waals surface area contributed by atoms with Crippen LogP contribution in [0.2, 0.25) is 0 Å². The van der Waals surface area contributed by atoms with Crippen molar-refractivity contribution in [2.45, 2.75) is 503 Å². The molecule has 0 aromatic heterocycles. The number of aliphatic hydroxyl groups is 1. The Bertz CT molecular complexity index is 2120. The summed E-state index contributed by atoms with van der Waals surface area (Å²) in [5.74, 6) is 0.311. The first kappa shape index (κ1) is 108. The van der Waals surface area contributed by atoms with Gasteiger partial charge >= 0.3 is 39.5 Å². The van der Waals surface area contributed by atoms with Gasteiger partial charge in [0.2, 0.25) is 0 Å². The number of rotatable bonds is 89. The molecule has 0 spiro atoms. The van der Waals surface area contributed by atoms with E-state index in [4.69, 9.17) is 37.0 Å². The minimum atomic E-state index is -4.97. The van der Waals surface area contributed by atoms with Gasteiger partial charge in [-0.05, 0) is 43.4 Å². The third-order valence-corrected chi connectivity index (χ3v) is 23.6. The van der Waals surface area contributed by atoms with E-state index in [2.05, 4.69) is 48.5 Å². The van der Waals surface area contributed by atoms with Crippen LogP contribution in [0.15, 0.2) is 0 Å². The van der Waals surface area contributed by atoms with Crippen molar-refractivity contribution in [2.75, 3.05) is 39.6 Å². The fourth-order valence-electron chi connectivity index (χ4n) is 14.2. The van der Waals surface area contributed by atoms with E-state index < -0.39 is 97.5 Å². The van der Waals surface area contributed by atoms with E-state index in [-0.39, 0.29) is 25.7 Å². The highest BCUT2D eigenvalue weighted by Crippen LogP contribution is 2.45. The van der Waals surface area contributed by atoms with E-state index >= 15 is 0 Å². The molecule has 0 aliphatic rings. The van der Waals surface area contributed by atoms with E-state index in [0.717, 1.165) is 108 Å². The summed E-state index contributed by atoms with van der Waals surface area (Å²) in [6.07, 6.45) is 73.7. The summed E-state index contributed by atoms with van der Waals surface area (Å²) < 4.78 is 69.1. The maximum Gasteiger partial charge on any atom is 0.472 e. The van der Waals surface area contributed by atoms with Crippen LogP contribution >= 0.6 is 15.6 Å². The number of hydrogen-bond donors (Lipinski definition) is 3. The summed E-state index contributed by atoms with van der Waals surface area (Å²) in [6.45, 7) is 12.1. The van der Waals surface area contributed by atoms with Gasteiger partial charge in [-0.1, -0.05) is 434 Å². The summed E-state index contributed by atoms with van der Waals surface area (Å²) in [4.78, 5) is 73.4. The molecule has 0 fully saturated rings. The molecule has 17 nitrogen and oxygen atoms in total. The Hall–Kier alpha value is -1.94. The van der Waals surface area contributed by atoms with Gasteiger partial charge in [-0.15, -0.1) is 0 Å². The van der Waals surface area contributed by atoms with Crippen molar-refractivity contribution in [3.63, 3.8) is 0 Å². The fraction of sp³-hybridized carbons (Fsp3) is 0.956. The van der Waals surface area contributed by atoms with E-state index in [1.807, 2.05) is 0 Å². The Kier molecular flexibility index (Phi) is 79.4. The van der Waals surface area contributed by atoms with Crippen molar-refractivity contribution >= 4 is 39.5 Å². The molecule has 0 aromatic rings.